The summed E-state index contributed by atoms with van der Waals surface area (Å²) in [6.45, 7) is 1.78. The van der Waals surface area contributed by atoms with Crippen LogP contribution in [0.1, 0.15) is 6.92 Å². The average Bonchev–Trinajstić information content (AvgIpc) is 2.17. The van der Waals surface area contributed by atoms with E-state index < -0.39 is 10.8 Å². The molecule has 4 nitrogen and oxygen atoms in total. The molecule has 0 fully saturated rings. The second-order valence-electron chi connectivity index (χ2n) is 3.05. The molecule has 0 saturated carbocycles. The number of nitrogens with two attached hydrogens (primary N) is 1. The van der Waals surface area contributed by atoms with Crippen molar-refractivity contribution in [3.63, 3.8) is 0 Å². The number of amides is 1. The Morgan fingerprint density at radius 1 is 1.53 bits per heavy atom. The molecule has 3 N–H and O–H groups in total. The van der Waals surface area contributed by atoms with Crippen molar-refractivity contribution in [3.05, 3.63) is 24.3 Å². The van der Waals surface area contributed by atoms with Gasteiger partial charge in [0.2, 0.25) is 5.91 Å². The maximum Gasteiger partial charge on any atom is 0.236 e. The molecule has 1 aromatic rings. The summed E-state index contributed by atoms with van der Waals surface area (Å²) in [5.41, 5.74) is 6.77. The summed E-state index contributed by atoms with van der Waals surface area (Å²) in [4.78, 5) is 11.3. The van der Waals surface area contributed by atoms with Gasteiger partial charge in [0.25, 0.3) is 0 Å². The topological polar surface area (TPSA) is 72.2 Å². The molecule has 0 heterocycles. The largest absolute Gasteiger partial charge is 0.399 e. The molecule has 1 atom stereocenters. The molecule has 1 unspecified atom stereocenters. The minimum absolute atomic E-state index is 0.0330. The van der Waals surface area contributed by atoms with Gasteiger partial charge in [-0.3, -0.25) is 9.00 Å². The number of benzene rings is 1. The second-order valence-corrected chi connectivity index (χ2v) is 4.79. The van der Waals surface area contributed by atoms with Gasteiger partial charge in [-0.05, 0) is 18.2 Å². The Hall–Kier alpha value is -1.36. The van der Waals surface area contributed by atoms with Gasteiger partial charge < -0.3 is 11.1 Å². The average molecular weight is 226 g/mol. The van der Waals surface area contributed by atoms with Crippen molar-refractivity contribution in [3.8, 4) is 0 Å². The van der Waals surface area contributed by atoms with Gasteiger partial charge in [-0.1, -0.05) is 13.0 Å². The monoisotopic (exact) mass is 226 g/mol. The first-order valence-electron chi connectivity index (χ1n) is 4.62. The van der Waals surface area contributed by atoms with E-state index in [1.807, 2.05) is 0 Å². The number of carbonyl (C=O) groups excluding carboxylic acids is 1. The Morgan fingerprint density at radius 2 is 2.27 bits per heavy atom. The van der Waals surface area contributed by atoms with Crippen LogP contribution in [0.2, 0.25) is 0 Å². The zero-order chi connectivity index (χ0) is 11.3. The minimum Gasteiger partial charge on any atom is -0.399 e. The maximum absolute atomic E-state index is 11.3. The van der Waals surface area contributed by atoms with Crippen LogP contribution in [0.25, 0.3) is 0 Å². The normalized spacial score (nSPS) is 12.1. The van der Waals surface area contributed by atoms with E-state index in [2.05, 4.69) is 5.32 Å². The Balaban J connectivity index is 2.55. The van der Waals surface area contributed by atoms with E-state index in [0.717, 1.165) is 0 Å². The molecule has 0 aliphatic rings. The molecule has 0 aliphatic heterocycles. The summed E-state index contributed by atoms with van der Waals surface area (Å²) < 4.78 is 11.1. The molecule has 15 heavy (non-hydrogen) atoms. The molecule has 1 rings (SSSR count). The van der Waals surface area contributed by atoms with Crippen molar-refractivity contribution in [2.75, 3.05) is 22.6 Å². The molecule has 0 radical (unpaired) electrons. The quantitative estimate of drug-likeness (QED) is 0.752. The van der Waals surface area contributed by atoms with Gasteiger partial charge in [-0.2, -0.15) is 0 Å². The van der Waals surface area contributed by atoms with Crippen molar-refractivity contribution in [1.82, 2.24) is 0 Å². The fourth-order valence-electron chi connectivity index (χ4n) is 1.06. The summed E-state index contributed by atoms with van der Waals surface area (Å²) in [6.07, 6.45) is 0. The van der Waals surface area contributed by atoms with Crippen molar-refractivity contribution in [2.45, 2.75) is 6.92 Å². The van der Waals surface area contributed by atoms with Gasteiger partial charge in [0, 0.05) is 27.9 Å². The zero-order valence-electron chi connectivity index (χ0n) is 8.53. The molecule has 0 spiro atoms. The SMILES string of the molecule is CCS(=O)CC(=O)Nc1cccc(N)c1. The molecular formula is C10H14N2O2S. The number of anilines is 2. The highest BCUT2D eigenvalue weighted by atomic mass is 32.2. The van der Waals surface area contributed by atoms with Crippen LogP contribution in [-0.2, 0) is 15.6 Å². The highest BCUT2D eigenvalue weighted by molar-refractivity contribution is 7.85. The van der Waals surface area contributed by atoms with Crippen LogP contribution in [-0.4, -0.2) is 21.6 Å². The first-order chi connectivity index (χ1) is 7.11. The van der Waals surface area contributed by atoms with E-state index in [-0.39, 0.29) is 11.7 Å². The predicted octanol–water partition coefficient (Wildman–Crippen LogP) is 0.976. The van der Waals surface area contributed by atoms with E-state index in [0.29, 0.717) is 17.1 Å². The van der Waals surface area contributed by atoms with Gasteiger partial charge >= 0.3 is 0 Å². The van der Waals surface area contributed by atoms with Gasteiger partial charge in [-0.25, -0.2) is 0 Å². The summed E-state index contributed by atoms with van der Waals surface area (Å²) >= 11 is 0. The zero-order valence-corrected chi connectivity index (χ0v) is 9.34. The Morgan fingerprint density at radius 3 is 2.87 bits per heavy atom. The Labute approximate surface area is 91.3 Å². The highest BCUT2D eigenvalue weighted by Crippen LogP contribution is 2.11. The van der Waals surface area contributed by atoms with Crippen LogP contribution >= 0.6 is 0 Å². The highest BCUT2D eigenvalue weighted by Gasteiger charge is 2.06. The molecule has 82 valence electrons. The minimum atomic E-state index is -1.08. The summed E-state index contributed by atoms with van der Waals surface area (Å²) in [5.74, 6) is 0.274. The molecule has 0 bridgehead atoms. The number of nitrogen functional groups attached to an aromatic ring is 1. The number of rotatable bonds is 4. The van der Waals surface area contributed by atoms with Crippen molar-refractivity contribution >= 4 is 28.1 Å². The van der Waals surface area contributed by atoms with Gasteiger partial charge in [0.1, 0.15) is 5.75 Å². The Bertz CT molecular complexity index is 379. The van der Waals surface area contributed by atoms with Crippen molar-refractivity contribution in [2.24, 2.45) is 0 Å². The second kappa shape index (κ2) is 5.50. The number of carbonyl (C=O) groups is 1. The number of nitrogens with one attached hydrogen (secondary N) is 1. The lowest BCUT2D eigenvalue weighted by Gasteiger charge is -2.04. The van der Waals surface area contributed by atoms with Crippen LogP contribution in [0, 0.1) is 0 Å². The van der Waals surface area contributed by atoms with Crippen LogP contribution in [0.4, 0.5) is 11.4 Å². The summed E-state index contributed by atoms with van der Waals surface area (Å²) in [7, 11) is -1.08. The maximum atomic E-state index is 11.3. The molecular weight excluding hydrogens is 212 g/mol. The van der Waals surface area contributed by atoms with E-state index in [9.17, 15) is 9.00 Å². The van der Waals surface area contributed by atoms with E-state index in [1.54, 1.807) is 31.2 Å². The molecule has 0 aromatic heterocycles. The van der Waals surface area contributed by atoms with Crippen molar-refractivity contribution < 1.29 is 9.00 Å². The first-order valence-corrected chi connectivity index (χ1v) is 6.11. The van der Waals surface area contributed by atoms with Crippen LogP contribution in [0.3, 0.4) is 0 Å². The molecule has 0 saturated heterocycles. The third kappa shape index (κ3) is 4.12. The van der Waals surface area contributed by atoms with Crippen LogP contribution in [0.5, 0.6) is 0 Å². The molecule has 1 aromatic carbocycles. The summed E-state index contributed by atoms with van der Waals surface area (Å²) in [5, 5.41) is 2.64. The summed E-state index contributed by atoms with van der Waals surface area (Å²) in [6, 6.07) is 6.89. The standard InChI is InChI=1S/C10H14N2O2S/c1-2-15(14)7-10(13)12-9-5-3-4-8(11)6-9/h3-6H,2,7,11H2,1H3,(H,12,13). The van der Waals surface area contributed by atoms with Crippen LogP contribution < -0.4 is 11.1 Å². The van der Waals surface area contributed by atoms with Gasteiger partial charge in [-0.15, -0.1) is 0 Å². The fraction of sp³-hybridized carbons (Fsp3) is 0.300. The van der Waals surface area contributed by atoms with Gasteiger partial charge in [0.15, 0.2) is 0 Å². The third-order valence-electron chi connectivity index (χ3n) is 1.78. The lowest BCUT2D eigenvalue weighted by molar-refractivity contribution is -0.113. The number of hydrogen-bond donors (Lipinski definition) is 2. The van der Waals surface area contributed by atoms with E-state index in [1.165, 1.54) is 0 Å². The third-order valence-corrected chi connectivity index (χ3v) is 3.01. The fourth-order valence-corrected chi connectivity index (χ4v) is 1.63. The van der Waals surface area contributed by atoms with E-state index in [4.69, 9.17) is 5.73 Å². The van der Waals surface area contributed by atoms with E-state index >= 15 is 0 Å². The van der Waals surface area contributed by atoms with Crippen LogP contribution in [0.15, 0.2) is 24.3 Å². The molecule has 0 aliphatic carbocycles. The van der Waals surface area contributed by atoms with Gasteiger partial charge in [0.05, 0.1) is 0 Å². The number of hydrogen-bond acceptors (Lipinski definition) is 3. The lowest BCUT2D eigenvalue weighted by atomic mass is 10.3. The van der Waals surface area contributed by atoms with Crippen molar-refractivity contribution in [1.29, 1.82) is 0 Å². The Kier molecular flexibility index (Phi) is 4.30. The first kappa shape index (κ1) is 11.7. The lowest BCUT2D eigenvalue weighted by Crippen LogP contribution is -2.20. The molecule has 1 amide bonds. The molecule has 5 heteroatoms. The smallest absolute Gasteiger partial charge is 0.236 e. The predicted molar refractivity (Wildman–Crippen MR) is 63.0 cm³/mol.